The molecule has 106 valence electrons. The molecule has 0 aliphatic rings. The van der Waals surface area contributed by atoms with Gasteiger partial charge in [0.05, 0.1) is 0 Å². The Labute approximate surface area is 124 Å². The molecule has 0 saturated carbocycles. The maximum absolute atomic E-state index is 6.16. The highest BCUT2D eigenvalue weighted by atomic mass is 35.5. The molecule has 20 heavy (non-hydrogen) atoms. The van der Waals surface area contributed by atoms with E-state index in [9.17, 15) is 0 Å². The standard InChI is InChI=1S/C16H19ClN2O/c1-4-6-18-15-10-13(5-7-19-15)20-14-8-11(2)16(17)12(3)9-14/h5,7-10H,4,6H2,1-3H3,(H,18,19). The average molecular weight is 291 g/mol. The van der Waals surface area contributed by atoms with Crippen LogP contribution in [-0.2, 0) is 0 Å². The van der Waals surface area contributed by atoms with Gasteiger partial charge in [0, 0.05) is 23.8 Å². The monoisotopic (exact) mass is 290 g/mol. The van der Waals surface area contributed by atoms with Gasteiger partial charge < -0.3 is 10.1 Å². The lowest BCUT2D eigenvalue weighted by atomic mass is 10.1. The highest BCUT2D eigenvalue weighted by Crippen LogP contribution is 2.29. The number of pyridine rings is 1. The van der Waals surface area contributed by atoms with Crippen LogP contribution >= 0.6 is 11.6 Å². The van der Waals surface area contributed by atoms with Crippen molar-refractivity contribution in [1.82, 2.24) is 4.98 Å². The van der Waals surface area contributed by atoms with E-state index in [0.29, 0.717) is 0 Å². The molecule has 0 unspecified atom stereocenters. The Morgan fingerprint density at radius 2 is 1.85 bits per heavy atom. The van der Waals surface area contributed by atoms with Crippen LogP contribution in [0.1, 0.15) is 24.5 Å². The second-order valence-corrected chi connectivity index (χ2v) is 5.15. The van der Waals surface area contributed by atoms with Crippen molar-refractivity contribution in [3.8, 4) is 11.5 Å². The number of anilines is 1. The largest absolute Gasteiger partial charge is 0.457 e. The number of aryl methyl sites for hydroxylation is 2. The normalized spacial score (nSPS) is 10.4. The summed E-state index contributed by atoms with van der Waals surface area (Å²) in [6.07, 6.45) is 2.80. The van der Waals surface area contributed by atoms with Crippen molar-refractivity contribution < 1.29 is 4.74 Å². The van der Waals surface area contributed by atoms with E-state index in [2.05, 4.69) is 17.2 Å². The molecular weight excluding hydrogens is 272 g/mol. The molecule has 0 atom stereocenters. The first-order chi connectivity index (χ1) is 9.60. The van der Waals surface area contributed by atoms with Gasteiger partial charge in [-0.25, -0.2) is 4.98 Å². The third kappa shape index (κ3) is 3.64. The predicted molar refractivity (Wildman–Crippen MR) is 84.0 cm³/mol. The molecule has 0 aliphatic heterocycles. The predicted octanol–water partition coefficient (Wildman–Crippen LogP) is 4.97. The maximum atomic E-state index is 6.16. The number of nitrogens with zero attached hydrogens (tertiary/aromatic N) is 1. The maximum Gasteiger partial charge on any atom is 0.132 e. The van der Waals surface area contributed by atoms with E-state index in [1.54, 1.807) is 6.20 Å². The first-order valence-electron chi connectivity index (χ1n) is 6.74. The van der Waals surface area contributed by atoms with Gasteiger partial charge in [-0.2, -0.15) is 0 Å². The van der Waals surface area contributed by atoms with Crippen LogP contribution in [0.2, 0.25) is 5.02 Å². The first-order valence-corrected chi connectivity index (χ1v) is 7.12. The molecule has 1 aromatic carbocycles. The summed E-state index contributed by atoms with van der Waals surface area (Å²) in [5.41, 5.74) is 2.03. The van der Waals surface area contributed by atoms with Gasteiger partial charge in [-0.1, -0.05) is 18.5 Å². The van der Waals surface area contributed by atoms with E-state index in [4.69, 9.17) is 16.3 Å². The lowest BCUT2D eigenvalue weighted by Crippen LogP contribution is -2.01. The van der Waals surface area contributed by atoms with Crippen LogP contribution in [0.25, 0.3) is 0 Å². The molecular formula is C16H19ClN2O. The van der Waals surface area contributed by atoms with Gasteiger partial charge in [0.15, 0.2) is 0 Å². The topological polar surface area (TPSA) is 34.1 Å². The summed E-state index contributed by atoms with van der Waals surface area (Å²) in [4.78, 5) is 4.26. The lowest BCUT2D eigenvalue weighted by molar-refractivity contribution is 0.481. The Balaban J connectivity index is 2.17. The Morgan fingerprint density at radius 3 is 2.50 bits per heavy atom. The van der Waals surface area contributed by atoms with Crippen LogP contribution in [0.15, 0.2) is 30.5 Å². The molecule has 1 aromatic heterocycles. The molecule has 0 aliphatic carbocycles. The fourth-order valence-corrected chi connectivity index (χ4v) is 2.03. The zero-order valence-corrected chi connectivity index (χ0v) is 12.8. The molecule has 1 N–H and O–H groups in total. The smallest absolute Gasteiger partial charge is 0.132 e. The van der Waals surface area contributed by atoms with Crippen molar-refractivity contribution in [2.75, 3.05) is 11.9 Å². The van der Waals surface area contributed by atoms with E-state index < -0.39 is 0 Å². The van der Waals surface area contributed by atoms with E-state index >= 15 is 0 Å². The van der Waals surface area contributed by atoms with Gasteiger partial charge in [-0.05, 0) is 49.6 Å². The van der Waals surface area contributed by atoms with Crippen molar-refractivity contribution in [2.24, 2.45) is 0 Å². The number of nitrogens with one attached hydrogen (secondary N) is 1. The van der Waals surface area contributed by atoms with Crippen LogP contribution in [-0.4, -0.2) is 11.5 Å². The molecule has 0 saturated heterocycles. The van der Waals surface area contributed by atoms with Crippen molar-refractivity contribution >= 4 is 17.4 Å². The van der Waals surface area contributed by atoms with Crippen LogP contribution in [0.4, 0.5) is 5.82 Å². The summed E-state index contributed by atoms with van der Waals surface area (Å²) in [5, 5.41) is 4.03. The Bertz CT molecular complexity index is 576. The molecule has 2 rings (SSSR count). The fraction of sp³-hybridized carbons (Fsp3) is 0.312. The van der Waals surface area contributed by atoms with Crippen molar-refractivity contribution in [3.05, 3.63) is 46.6 Å². The van der Waals surface area contributed by atoms with Crippen LogP contribution < -0.4 is 10.1 Å². The molecule has 0 amide bonds. The zero-order valence-electron chi connectivity index (χ0n) is 12.0. The van der Waals surface area contributed by atoms with E-state index in [-0.39, 0.29) is 0 Å². The molecule has 0 radical (unpaired) electrons. The Hall–Kier alpha value is -1.74. The Kier molecular flexibility index (Phi) is 4.85. The number of hydrogen-bond donors (Lipinski definition) is 1. The highest BCUT2D eigenvalue weighted by Gasteiger charge is 2.05. The molecule has 0 fully saturated rings. The van der Waals surface area contributed by atoms with Gasteiger partial charge in [-0.15, -0.1) is 0 Å². The van der Waals surface area contributed by atoms with Gasteiger partial charge in [0.1, 0.15) is 17.3 Å². The van der Waals surface area contributed by atoms with E-state index in [1.165, 1.54) is 0 Å². The van der Waals surface area contributed by atoms with Gasteiger partial charge in [0.2, 0.25) is 0 Å². The number of hydrogen-bond acceptors (Lipinski definition) is 3. The van der Waals surface area contributed by atoms with E-state index in [1.807, 2.05) is 38.1 Å². The number of ether oxygens (including phenoxy) is 1. The van der Waals surface area contributed by atoms with Crippen molar-refractivity contribution in [1.29, 1.82) is 0 Å². The van der Waals surface area contributed by atoms with E-state index in [0.717, 1.165) is 46.4 Å². The minimum absolute atomic E-state index is 0.764. The van der Waals surface area contributed by atoms with Crippen LogP contribution in [0, 0.1) is 13.8 Å². The zero-order chi connectivity index (χ0) is 14.5. The van der Waals surface area contributed by atoms with Crippen LogP contribution in [0.3, 0.4) is 0 Å². The van der Waals surface area contributed by atoms with Gasteiger partial charge in [0.25, 0.3) is 0 Å². The number of rotatable bonds is 5. The quantitative estimate of drug-likeness (QED) is 0.844. The lowest BCUT2D eigenvalue weighted by Gasteiger charge is -2.11. The number of benzene rings is 1. The van der Waals surface area contributed by atoms with Crippen molar-refractivity contribution in [2.45, 2.75) is 27.2 Å². The summed E-state index contributed by atoms with van der Waals surface area (Å²) >= 11 is 6.16. The van der Waals surface area contributed by atoms with Gasteiger partial charge in [-0.3, -0.25) is 0 Å². The number of halogens is 1. The molecule has 1 heterocycles. The molecule has 0 bridgehead atoms. The Morgan fingerprint density at radius 1 is 1.15 bits per heavy atom. The SMILES string of the molecule is CCCNc1cc(Oc2cc(C)c(Cl)c(C)c2)ccn1. The minimum Gasteiger partial charge on any atom is -0.457 e. The minimum atomic E-state index is 0.764. The molecule has 4 heteroatoms. The molecule has 3 nitrogen and oxygen atoms in total. The molecule has 0 spiro atoms. The summed E-state index contributed by atoms with van der Waals surface area (Å²) < 4.78 is 5.88. The van der Waals surface area contributed by atoms with Crippen LogP contribution in [0.5, 0.6) is 11.5 Å². The second kappa shape index (κ2) is 6.62. The second-order valence-electron chi connectivity index (χ2n) is 4.78. The summed E-state index contributed by atoms with van der Waals surface area (Å²) in [6, 6.07) is 7.62. The molecule has 2 aromatic rings. The first kappa shape index (κ1) is 14.7. The highest BCUT2D eigenvalue weighted by molar-refractivity contribution is 6.32. The average Bonchev–Trinajstić information content (AvgIpc) is 2.43. The number of aromatic nitrogens is 1. The third-order valence-electron chi connectivity index (χ3n) is 2.93. The summed E-state index contributed by atoms with van der Waals surface area (Å²) in [7, 11) is 0. The third-order valence-corrected chi connectivity index (χ3v) is 3.53. The van der Waals surface area contributed by atoms with Gasteiger partial charge >= 0.3 is 0 Å². The fourth-order valence-electron chi connectivity index (χ4n) is 1.93. The summed E-state index contributed by atoms with van der Waals surface area (Å²) in [6.45, 7) is 6.97. The van der Waals surface area contributed by atoms with Crippen molar-refractivity contribution in [3.63, 3.8) is 0 Å². The summed E-state index contributed by atoms with van der Waals surface area (Å²) in [5.74, 6) is 2.38.